The fraction of sp³-hybridized carbons (Fsp3) is 0.600. The molecule has 1 saturated heterocycles. The third kappa shape index (κ3) is 3.44. The lowest BCUT2D eigenvalue weighted by atomic mass is 9.85. The molecule has 0 unspecified atom stereocenters. The Hall–Kier alpha value is -1.70. The van der Waals surface area contributed by atoms with Crippen molar-refractivity contribution in [3.63, 3.8) is 0 Å². The summed E-state index contributed by atoms with van der Waals surface area (Å²) < 4.78 is 11.7. The molecule has 27 heavy (non-hydrogen) atoms. The van der Waals surface area contributed by atoms with Crippen LogP contribution >= 0.6 is 11.3 Å². The molecule has 0 bridgehead atoms. The molecule has 3 aliphatic rings. The molecule has 144 valence electrons. The standard InChI is InChI=1S/C20H25N3O3S/c1-13-10-16(26-22-13)12-23-7-5-20(6-8-23)18-14(4-9-25-20)11-17(27-18)19(24)21-15-2-3-15/h10-11,15H,2-9,12H2,1H3,(H,21,24). The van der Waals surface area contributed by atoms with Crippen molar-refractivity contribution in [2.24, 2.45) is 0 Å². The maximum atomic E-state index is 12.5. The van der Waals surface area contributed by atoms with Gasteiger partial charge < -0.3 is 14.6 Å². The van der Waals surface area contributed by atoms with E-state index >= 15 is 0 Å². The van der Waals surface area contributed by atoms with E-state index in [1.807, 2.05) is 13.0 Å². The summed E-state index contributed by atoms with van der Waals surface area (Å²) in [4.78, 5) is 17.0. The van der Waals surface area contributed by atoms with Crippen molar-refractivity contribution in [2.45, 2.75) is 57.2 Å². The molecule has 1 N–H and O–H groups in total. The van der Waals surface area contributed by atoms with Crippen molar-refractivity contribution in [1.82, 2.24) is 15.4 Å². The Bertz CT molecular complexity index is 847. The minimum atomic E-state index is -0.218. The number of aryl methyl sites for hydroxylation is 1. The van der Waals surface area contributed by atoms with Gasteiger partial charge in [-0.05, 0) is 50.7 Å². The van der Waals surface area contributed by atoms with Crippen LogP contribution in [0.3, 0.4) is 0 Å². The topological polar surface area (TPSA) is 67.6 Å². The zero-order valence-electron chi connectivity index (χ0n) is 15.6. The van der Waals surface area contributed by atoms with Crippen LogP contribution in [0.5, 0.6) is 0 Å². The van der Waals surface area contributed by atoms with E-state index in [0.29, 0.717) is 6.04 Å². The highest BCUT2D eigenvalue weighted by molar-refractivity contribution is 7.14. The van der Waals surface area contributed by atoms with E-state index < -0.39 is 0 Å². The summed E-state index contributed by atoms with van der Waals surface area (Å²) in [7, 11) is 0. The van der Waals surface area contributed by atoms with E-state index in [9.17, 15) is 4.79 Å². The SMILES string of the molecule is Cc1cc(CN2CCC3(CC2)OCCc2cc(C(=O)NC4CC4)sc23)on1. The van der Waals surface area contributed by atoms with Crippen LogP contribution in [0.4, 0.5) is 0 Å². The molecule has 7 heteroatoms. The van der Waals surface area contributed by atoms with Crippen LogP contribution in [-0.2, 0) is 23.3 Å². The molecule has 1 aliphatic carbocycles. The van der Waals surface area contributed by atoms with Gasteiger partial charge in [-0.3, -0.25) is 9.69 Å². The number of likely N-dealkylation sites (tertiary alicyclic amines) is 1. The number of carbonyl (C=O) groups excluding carboxylic acids is 1. The van der Waals surface area contributed by atoms with Crippen LogP contribution in [0.2, 0.25) is 0 Å². The number of fused-ring (bicyclic) bond motifs is 2. The first kappa shape index (κ1) is 17.4. The summed E-state index contributed by atoms with van der Waals surface area (Å²) in [6, 6.07) is 4.50. The van der Waals surface area contributed by atoms with E-state index in [4.69, 9.17) is 9.26 Å². The highest BCUT2D eigenvalue weighted by atomic mass is 32.1. The number of thiophene rings is 1. The summed E-state index contributed by atoms with van der Waals surface area (Å²) in [5.74, 6) is 1.01. The van der Waals surface area contributed by atoms with Crippen LogP contribution in [-0.4, -0.2) is 41.7 Å². The average molecular weight is 388 g/mol. The van der Waals surface area contributed by atoms with Crippen molar-refractivity contribution in [1.29, 1.82) is 0 Å². The molecule has 5 rings (SSSR count). The number of ether oxygens (including phenoxy) is 1. The highest BCUT2D eigenvalue weighted by Gasteiger charge is 2.43. The number of carbonyl (C=O) groups is 1. The predicted octanol–water partition coefficient (Wildman–Crippen LogP) is 3.00. The number of piperidine rings is 1. The van der Waals surface area contributed by atoms with E-state index in [1.54, 1.807) is 11.3 Å². The fourth-order valence-electron chi connectivity index (χ4n) is 4.17. The zero-order valence-corrected chi connectivity index (χ0v) is 16.4. The van der Waals surface area contributed by atoms with E-state index in [-0.39, 0.29) is 11.5 Å². The first-order valence-electron chi connectivity index (χ1n) is 9.84. The molecule has 1 saturated carbocycles. The Kier molecular flexibility index (Phi) is 4.33. The normalized spacial score (nSPS) is 22.0. The minimum absolute atomic E-state index is 0.0881. The van der Waals surface area contributed by atoms with Crippen LogP contribution in [0.15, 0.2) is 16.7 Å². The molecule has 6 nitrogen and oxygen atoms in total. The molecule has 1 spiro atoms. The summed E-state index contributed by atoms with van der Waals surface area (Å²) >= 11 is 1.64. The minimum Gasteiger partial charge on any atom is -0.369 e. The van der Waals surface area contributed by atoms with Crippen LogP contribution < -0.4 is 5.32 Å². The summed E-state index contributed by atoms with van der Waals surface area (Å²) in [5, 5.41) is 7.09. The van der Waals surface area contributed by atoms with Gasteiger partial charge in [0, 0.05) is 30.1 Å². The van der Waals surface area contributed by atoms with Crippen molar-refractivity contribution in [2.75, 3.05) is 19.7 Å². The van der Waals surface area contributed by atoms with Gasteiger partial charge >= 0.3 is 0 Å². The molecule has 4 heterocycles. The quantitative estimate of drug-likeness (QED) is 0.874. The predicted molar refractivity (Wildman–Crippen MR) is 102 cm³/mol. The van der Waals surface area contributed by atoms with Gasteiger partial charge in [-0.1, -0.05) is 5.16 Å². The molecule has 2 aromatic heterocycles. The van der Waals surface area contributed by atoms with E-state index in [1.165, 1.54) is 10.4 Å². The lowest BCUT2D eigenvalue weighted by Gasteiger charge is -2.43. The maximum absolute atomic E-state index is 12.5. The average Bonchev–Trinajstić information content (AvgIpc) is 3.20. The zero-order chi connectivity index (χ0) is 18.4. The van der Waals surface area contributed by atoms with Crippen LogP contribution in [0, 0.1) is 6.92 Å². The van der Waals surface area contributed by atoms with Crippen molar-refractivity contribution in [3.05, 3.63) is 38.9 Å². The molecular formula is C20H25N3O3S. The first-order valence-corrected chi connectivity index (χ1v) is 10.7. The molecular weight excluding hydrogens is 362 g/mol. The third-order valence-electron chi connectivity index (χ3n) is 5.83. The molecule has 1 amide bonds. The van der Waals surface area contributed by atoms with Gasteiger partial charge in [-0.25, -0.2) is 0 Å². The van der Waals surface area contributed by atoms with E-state index in [2.05, 4.69) is 21.4 Å². The van der Waals surface area contributed by atoms with E-state index in [0.717, 1.165) is 74.7 Å². The highest BCUT2D eigenvalue weighted by Crippen LogP contribution is 2.45. The third-order valence-corrected chi connectivity index (χ3v) is 7.19. The smallest absolute Gasteiger partial charge is 0.261 e. The number of aromatic nitrogens is 1. The summed E-state index contributed by atoms with van der Waals surface area (Å²) in [6.45, 7) is 5.41. The Balaban J connectivity index is 1.30. The second-order valence-corrected chi connectivity index (χ2v) is 9.07. The first-order chi connectivity index (χ1) is 13.1. The van der Waals surface area contributed by atoms with Gasteiger partial charge in [0.25, 0.3) is 5.91 Å². The largest absolute Gasteiger partial charge is 0.369 e. The van der Waals surface area contributed by atoms with Crippen LogP contribution in [0.1, 0.15) is 57.2 Å². The number of rotatable bonds is 4. The molecule has 2 aromatic rings. The molecule has 0 radical (unpaired) electrons. The summed E-state index contributed by atoms with van der Waals surface area (Å²) in [6.07, 6.45) is 5.05. The molecule has 2 aliphatic heterocycles. The Labute approximate surface area is 162 Å². The number of hydrogen-bond donors (Lipinski definition) is 1. The van der Waals surface area contributed by atoms with Crippen molar-refractivity contribution < 1.29 is 14.1 Å². The monoisotopic (exact) mass is 387 g/mol. The molecule has 0 aromatic carbocycles. The maximum Gasteiger partial charge on any atom is 0.261 e. The number of hydrogen-bond acceptors (Lipinski definition) is 6. The number of nitrogens with one attached hydrogen (secondary N) is 1. The van der Waals surface area contributed by atoms with Gasteiger partial charge in [0.2, 0.25) is 0 Å². The number of nitrogens with zero attached hydrogens (tertiary/aromatic N) is 2. The molecule has 0 atom stereocenters. The number of amides is 1. The van der Waals surface area contributed by atoms with Gasteiger partial charge in [0.05, 0.1) is 23.7 Å². The Morgan fingerprint density at radius 3 is 2.89 bits per heavy atom. The van der Waals surface area contributed by atoms with Gasteiger partial charge in [-0.2, -0.15) is 0 Å². The van der Waals surface area contributed by atoms with Gasteiger partial charge in [-0.15, -0.1) is 11.3 Å². The second-order valence-electron chi connectivity index (χ2n) is 8.02. The Morgan fingerprint density at radius 1 is 1.37 bits per heavy atom. The van der Waals surface area contributed by atoms with Gasteiger partial charge in [0.15, 0.2) is 5.76 Å². The molecule has 2 fully saturated rings. The van der Waals surface area contributed by atoms with Crippen LogP contribution in [0.25, 0.3) is 0 Å². The van der Waals surface area contributed by atoms with Crippen molar-refractivity contribution >= 4 is 17.2 Å². The van der Waals surface area contributed by atoms with Gasteiger partial charge in [0.1, 0.15) is 5.60 Å². The lowest BCUT2D eigenvalue weighted by molar-refractivity contribution is -0.0967. The fourth-order valence-corrected chi connectivity index (χ4v) is 5.49. The Morgan fingerprint density at radius 2 is 2.19 bits per heavy atom. The lowest BCUT2D eigenvalue weighted by Crippen LogP contribution is -2.45. The van der Waals surface area contributed by atoms with Crippen molar-refractivity contribution in [3.8, 4) is 0 Å². The second kappa shape index (κ2) is 6.72. The summed E-state index contributed by atoms with van der Waals surface area (Å²) in [5.41, 5.74) is 2.02.